The minimum absolute atomic E-state index is 0.148. The number of likely N-dealkylation sites (tertiary alicyclic amines) is 1. The highest BCUT2D eigenvalue weighted by Gasteiger charge is 2.23. The van der Waals surface area contributed by atoms with Gasteiger partial charge in [0, 0.05) is 36.4 Å². The predicted molar refractivity (Wildman–Crippen MR) is 87.7 cm³/mol. The summed E-state index contributed by atoms with van der Waals surface area (Å²) in [5, 5.41) is 0.788. The molecule has 1 aromatic carbocycles. The van der Waals surface area contributed by atoms with E-state index in [1.165, 1.54) is 30.6 Å². The molecule has 1 aliphatic heterocycles. The smallest absolute Gasteiger partial charge is 0.0410 e. The Morgan fingerprint density at radius 3 is 2.85 bits per heavy atom. The zero-order chi connectivity index (χ0) is 14.7. The summed E-state index contributed by atoms with van der Waals surface area (Å²) in [7, 11) is 4.39. The predicted octanol–water partition coefficient (Wildman–Crippen LogP) is 2.76. The topological polar surface area (TPSA) is 32.5 Å². The van der Waals surface area contributed by atoms with Gasteiger partial charge in [-0.2, -0.15) is 0 Å². The third kappa shape index (κ3) is 3.87. The van der Waals surface area contributed by atoms with Crippen LogP contribution in [0.4, 0.5) is 5.69 Å². The van der Waals surface area contributed by atoms with Crippen LogP contribution in [0.1, 0.15) is 25.3 Å². The van der Waals surface area contributed by atoms with Crippen LogP contribution in [-0.2, 0) is 6.42 Å². The second kappa shape index (κ2) is 6.79. The average Bonchev–Trinajstić information content (AvgIpc) is 2.74. The third-order valence-electron chi connectivity index (χ3n) is 4.15. The maximum absolute atomic E-state index is 6.13. The van der Waals surface area contributed by atoms with Gasteiger partial charge in [-0.1, -0.05) is 11.6 Å². The van der Waals surface area contributed by atoms with Gasteiger partial charge in [0.1, 0.15) is 0 Å². The minimum atomic E-state index is 0.148. The van der Waals surface area contributed by atoms with Crippen molar-refractivity contribution in [3.63, 3.8) is 0 Å². The molecule has 2 atom stereocenters. The second-order valence-electron chi connectivity index (χ2n) is 6.11. The molecule has 0 aromatic heterocycles. The summed E-state index contributed by atoms with van der Waals surface area (Å²) in [6, 6.07) is 6.94. The van der Waals surface area contributed by atoms with Crippen molar-refractivity contribution in [2.75, 3.05) is 32.1 Å². The van der Waals surface area contributed by atoms with Gasteiger partial charge < -0.3 is 15.5 Å². The van der Waals surface area contributed by atoms with E-state index in [2.05, 4.69) is 36.0 Å². The molecule has 1 fully saturated rings. The zero-order valence-corrected chi connectivity index (χ0v) is 13.5. The van der Waals surface area contributed by atoms with Gasteiger partial charge in [-0.15, -0.1) is 0 Å². The molecule has 0 amide bonds. The summed E-state index contributed by atoms with van der Waals surface area (Å²) in [6.45, 7) is 4.31. The van der Waals surface area contributed by atoms with Crippen LogP contribution in [0, 0.1) is 0 Å². The fraction of sp³-hybridized carbons (Fsp3) is 0.625. The van der Waals surface area contributed by atoms with E-state index in [1.54, 1.807) is 0 Å². The number of nitrogens with zero attached hydrogens (tertiary/aromatic N) is 2. The summed E-state index contributed by atoms with van der Waals surface area (Å²) in [6.07, 6.45) is 3.46. The molecule has 112 valence electrons. The van der Waals surface area contributed by atoms with Crippen molar-refractivity contribution < 1.29 is 0 Å². The SMILES string of the molecule is CC(N)Cc1cc(Cl)ccc1N(C)CC1CCCN1C. The lowest BCUT2D eigenvalue weighted by molar-refractivity contribution is 0.314. The molecule has 4 heteroatoms. The second-order valence-corrected chi connectivity index (χ2v) is 6.55. The standard InChI is InChI=1S/C16H26ClN3/c1-12(18)9-13-10-14(17)6-7-16(13)20(3)11-15-5-4-8-19(15)2/h6-7,10,12,15H,4-5,8-9,11,18H2,1-3H3. The van der Waals surface area contributed by atoms with Gasteiger partial charge >= 0.3 is 0 Å². The Labute approximate surface area is 127 Å². The third-order valence-corrected chi connectivity index (χ3v) is 4.39. The number of hydrogen-bond donors (Lipinski definition) is 1. The lowest BCUT2D eigenvalue weighted by Gasteiger charge is -2.29. The highest BCUT2D eigenvalue weighted by Crippen LogP contribution is 2.26. The Morgan fingerprint density at radius 2 is 2.25 bits per heavy atom. The lowest BCUT2D eigenvalue weighted by atomic mass is 10.0. The first kappa shape index (κ1) is 15.6. The van der Waals surface area contributed by atoms with Gasteiger partial charge in [0.2, 0.25) is 0 Å². The number of rotatable bonds is 5. The molecule has 3 nitrogen and oxygen atoms in total. The summed E-state index contributed by atoms with van der Waals surface area (Å²) >= 11 is 6.13. The summed E-state index contributed by atoms with van der Waals surface area (Å²) in [5.74, 6) is 0. The van der Waals surface area contributed by atoms with E-state index in [9.17, 15) is 0 Å². The quantitative estimate of drug-likeness (QED) is 0.906. The van der Waals surface area contributed by atoms with Crippen LogP contribution < -0.4 is 10.6 Å². The van der Waals surface area contributed by atoms with Crippen LogP contribution in [0.2, 0.25) is 5.02 Å². The molecule has 2 N–H and O–H groups in total. The molecule has 1 aromatic rings. The van der Waals surface area contributed by atoms with E-state index in [-0.39, 0.29) is 6.04 Å². The van der Waals surface area contributed by atoms with Gasteiger partial charge in [-0.3, -0.25) is 0 Å². The van der Waals surface area contributed by atoms with Gasteiger partial charge in [-0.25, -0.2) is 0 Å². The van der Waals surface area contributed by atoms with Crippen LogP contribution in [0.3, 0.4) is 0 Å². The van der Waals surface area contributed by atoms with Crippen molar-refractivity contribution in [2.24, 2.45) is 5.73 Å². The maximum atomic E-state index is 6.13. The first-order chi connectivity index (χ1) is 9.47. The molecule has 1 heterocycles. The molecule has 0 radical (unpaired) electrons. The first-order valence-electron chi connectivity index (χ1n) is 7.42. The average molecular weight is 296 g/mol. The van der Waals surface area contributed by atoms with Crippen molar-refractivity contribution in [3.05, 3.63) is 28.8 Å². The Morgan fingerprint density at radius 1 is 1.50 bits per heavy atom. The highest BCUT2D eigenvalue weighted by molar-refractivity contribution is 6.30. The molecule has 20 heavy (non-hydrogen) atoms. The maximum Gasteiger partial charge on any atom is 0.0410 e. The minimum Gasteiger partial charge on any atom is -0.373 e. The normalized spacial score (nSPS) is 21.1. The Balaban J connectivity index is 2.13. The molecule has 0 spiro atoms. The molecule has 1 aliphatic rings. The van der Waals surface area contributed by atoms with E-state index in [0.29, 0.717) is 6.04 Å². The number of benzene rings is 1. The van der Waals surface area contributed by atoms with Crippen molar-refractivity contribution in [1.82, 2.24) is 4.90 Å². The van der Waals surface area contributed by atoms with E-state index >= 15 is 0 Å². The molecule has 2 unspecified atom stereocenters. The summed E-state index contributed by atoms with van der Waals surface area (Å²) in [5.41, 5.74) is 8.46. The van der Waals surface area contributed by atoms with E-state index < -0.39 is 0 Å². The van der Waals surface area contributed by atoms with Gasteiger partial charge in [0.15, 0.2) is 0 Å². The number of hydrogen-bond acceptors (Lipinski definition) is 3. The number of nitrogens with two attached hydrogens (primary N) is 1. The van der Waals surface area contributed by atoms with Crippen molar-refractivity contribution in [3.8, 4) is 0 Å². The van der Waals surface area contributed by atoms with Crippen LogP contribution >= 0.6 is 11.6 Å². The fourth-order valence-corrected chi connectivity index (χ4v) is 3.26. The van der Waals surface area contributed by atoms with Gasteiger partial charge in [-0.05, 0) is 63.5 Å². The van der Waals surface area contributed by atoms with Gasteiger partial charge in [0.05, 0.1) is 0 Å². The highest BCUT2D eigenvalue weighted by atomic mass is 35.5. The van der Waals surface area contributed by atoms with Crippen LogP contribution in [0.15, 0.2) is 18.2 Å². The number of likely N-dealkylation sites (N-methyl/N-ethyl adjacent to an activating group) is 2. The van der Waals surface area contributed by atoms with E-state index in [1.807, 2.05) is 13.0 Å². The van der Waals surface area contributed by atoms with E-state index in [0.717, 1.165) is 18.0 Å². The molecule has 0 saturated carbocycles. The molecule has 0 bridgehead atoms. The van der Waals surface area contributed by atoms with Crippen molar-refractivity contribution >= 4 is 17.3 Å². The van der Waals surface area contributed by atoms with Crippen LogP contribution in [-0.4, -0.2) is 44.2 Å². The zero-order valence-electron chi connectivity index (χ0n) is 12.8. The largest absolute Gasteiger partial charge is 0.373 e. The monoisotopic (exact) mass is 295 g/mol. The van der Waals surface area contributed by atoms with E-state index in [4.69, 9.17) is 17.3 Å². The molecule has 1 saturated heterocycles. The van der Waals surface area contributed by atoms with Gasteiger partial charge in [0.25, 0.3) is 0 Å². The summed E-state index contributed by atoms with van der Waals surface area (Å²) in [4.78, 5) is 4.80. The number of anilines is 1. The molecular weight excluding hydrogens is 270 g/mol. The lowest BCUT2D eigenvalue weighted by Crippen LogP contribution is -2.37. The first-order valence-corrected chi connectivity index (χ1v) is 7.80. The molecule has 2 rings (SSSR count). The Kier molecular flexibility index (Phi) is 5.30. The van der Waals surface area contributed by atoms with Crippen molar-refractivity contribution in [1.29, 1.82) is 0 Å². The summed E-state index contributed by atoms with van der Waals surface area (Å²) < 4.78 is 0. The molecular formula is C16H26ClN3. The van der Waals surface area contributed by atoms with Crippen LogP contribution in [0.5, 0.6) is 0 Å². The number of halogens is 1. The Hall–Kier alpha value is -0.770. The Bertz CT molecular complexity index is 447. The fourth-order valence-electron chi connectivity index (χ4n) is 3.06. The molecule has 0 aliphatic carbocycles. The van der Waals surface area contributed by atoms with Crippen molar-refractivity contribution in [2.45, 2.75) is 38.3 Å². The van der Waals surface area contributed by atoms with Crippen LogP contribution in [0.25, 0.3) is 0 Å².